The first-order valence-electron chi connectivity index (χ1n) is 9.16. The van der Waals surface area contributed by atoms with Gasteiger partial charge in [0.15, 0.2) is 0 Å². The third-order valence-corrected chi connectivity index (χ3v) is 6.64. The predicted molar refractivity (Wildman–Crippen MR) is 107 cm³/mol. The summed E-state index contributed by atoms with van der Waals surface area (Å²) in [6.45, 7) is 7.46. The standard InChI is InChI=1S/C18H25N5O5S/c1-5-21(6-2)29(27,28)16-9-7-15(8-10-16)11-19-17(24)12-22-14(4)18(23(25)26)13(3)20-22/h7-10H,5-6,11-12H2,1-4H3,(H,19,24). The molecule has 2 aromatic rings. The van der Waals surface area contributed by atoms with Gasteiger partial charge in [-0.25, -0.2) is 8.42 Å². The van der Waals surface area contributed by atoms with E-state index in [1.54, 1.807) is 32.9 Å². The van der Waals surface area contributed by atoms with Gasteiger partial charge >= 0.3 is 5.69 Å². The van der Waals surface area contributed by atoms with E-state index in [-0.39, 0.29) is 35.3 Å². The topological polar surface area (TPSA) is 127 Å². The molecular formula is C18H25N5O5S. The molecule has 1 amide bonds. The lowest BCUT2D eigenvalue weighted by atomic mass is 10.2. The summed E-state index contributed by atoms with van der Waals surface area (Å²) in [6.07, 6.45) is 0. The lowest BCUT2D eigenvalue weighted by Gasteiger charge is -2.18. The van der Waals surface area contributed by atoms with E-state index in [9.17, 15) is 23.3 Å². The maximum atomic E-state index is 12.5. The van der Waals surface area contributed by atoms with Crippen LogP contribution in [-0.2, 0) is 27.9 Å². The molecule has 1 aromatic carbocycles. The minimum absolute atomic E-state index is 0.0946. The largest absolute Gasteiger partial charge is 0.350 e. The average Bonchev–Trinajstić information content (AvgIpc) is 2.94. The number of hydrogen-bond donors (Lipinski definition) is 1. The molecule has 11 heteroatoms. The first-order chi connectivity index (χ1) is 13.6. The molecule has 0 unspecified atom stereocenters. The van der Waals surface area contributed by atoms with E-state index >= 15 is 0 Å². The number of rotatable bonds is 9. The monoisotopic (exact) mass is 423 g/mol. The molecule has 0 bridgehead atoms. The van der Waals surface area contributed by atoms with Gasteiger partial charge < -0.3 is 5.32 Å². The first-order valence-corrected chi connectivity index (χ1v) is 10.6. The van der Waals surface area contributed by atoms with E-state index in [0.717, 1.165) is 5.56 Å². The number of nitrogens with zero attached hydrogens (tertiary/aromatic N) is 4. The summed E-state index contributed by atoms with van der Waals surface area (Å²) < 4.78 is 27.6. The fourth-order valence-corrected chi connectivity index (χ4v) is 4.45. The van der Waals surface area contributed by atoms with Gasteiger partial charge in [0.2, 0.25) is 15.9 Å². The molecular weight excluding hydrogens is 398 g/mol. The maximum Gasteiger partial charge on any atom is 0.312 e. The number of carbonyl (C=O) groups is 1. The van der Waals surface area contributed by atoms with Gasteiger partial charge in [-0.1, -0.05) is 26.0 Å². The van der Waals surface area contributed by atoms with Crippen LogP contribution in [0.3, 0.4) is 0 Å². The van der Waals surface area contributed by atoms with Crippen molar-refractivity contribution >= 4 is 21.6 Å². The van der Waals surface area contributed by atoms with E-state index < -0.39 is 14.9 Å². The number of benzene rings is 1. The van der Waals surface area contributed by atoms with Crippen LogP contribution in [0.15, 0.2) is 29.2 Å². The molecule has 29 heavy (non-hydrogen) atoms. The van der Waals surface area contributed by atoms with Crippen LogP contribution in [0.2, 0.25) is 0 Å². The highest BCUT2D eigenvalue weighted by atomic mass is 32.2. The molecule has 0 aliphatic carbocycles. The van der Waals surface area contributed by atoms with Gasteiger partial charge in [-0.05, 0) is 31.5 Å². The van der Waals surface area contributed by atoms with Crippen LogP contribution in [0.4, 0.5) is 5.69 Å². The Morgan fingerprint density at radius 3 is 2.28 bits per heavy atom. The van der Waals surface area contributed by atoms with Crippen molar-refractivity contribution in [3.8, 4) is 0 Å². The molecule has 158 valence electrons. The quantitative estimate of drug-likeness (QED) is 0.483. The van der Waals surface area contributed by atoms with Gasteiger partial charge in [-0.2, -0.15) is 9.40 Å². The van der Waals surface area contributed by atoms with Crippen molar-refractivity contribution in [1.29, 1.82) is 0 Å². The van der Waals surface area contributed by atoms with E-state index in [0.29, 0.717) is 18.8 Å². The number of aryl methyl sites for hydroxylation is 1. The normalized spacial score (nSPS) is 11.6. The summed E-state index contributed by atoms with van der Waals surface area (Å²) in [5, 5.41) is 17.8. The molecule has 0 saturated heterocycles. The Bertz CT molecular complexity index is 994. The molecule has 0 aliphatic heterocycles. The Labute approximate surface area is 169 Å². The van der Waals surface area contributed by atoms with Crippen LogP contribution < -0.4 is 5.32 Å². The second-order valence-electron chi connectivity index (χ2n) is 6.44. The minimum atomic E-state index is -3.52. The molecule has 0 atom stereocenters. The molecule has 0 fully saturated rings. The van der Waals surface area contributed by atoms with E-state index in [1.807, 2.05) is 0 Å². The Balaban J connectivity index is 2.01. The minimum Gasteiger partial charge on any atom is -0.350 e. The van der Waals surface area contributed by atoms with E-state index in [1.165, 1.54) is 28.0 Å². The van der Waals surface area contributed by atoms with E-state index in [4.69, 9.17) is 0 Å². The molecule has 1 aromatic heterocycles. The lowest BCUT2D eigenvalue weighted by Crippen LogP contribution is -2.30. The van der Waals surface area contributed by atoms with Crippen molar-refractivity contribution in [3.63, 3.8) is 0 Å². The molecule has 1 N–H and O–H groups in total. The Kier molecular flexibility index (Phi) is 7.09. The highest BCUT2D eigenvalue weighted by Crippen LogP contribution is 2.21. The Morgan fingerprint density at radius 1 is 1.21 bits per heavy atom. The first kappa shape index (κ1) is 22.5. The molecule has 0 aliphatic rings. The fraction of sp³-hybridized carbons (Fsp3) is 0.444. The number of nitrogens with one attached hydrogen (secondary N) is 1. The highest BCUT2D eigenvalue weighted by molar-refractivity contribution is 7.89. The number of carbonyl (C=O) groups excluding carboxylic acids is 1. The Morgan fingerprint density at radius 2 is 1.79 bits per heavy atom. The maximum absolute atomic E-state index is 12.5. The van der Waals surface area contributed by atoms with Gasteiger partial charge in [-0.15, -0.1) is 0 Å². The summed E-state index contributed by atoms with van der Waals surface area (Å²) in [6, 6.07) is 6.31. The molecule has 10 nitrogen and oxygen atoms in total. The molecule has 2 rings (SSSR count). The summed E-state index contributed by atoms with van der Waals surface area (Å²) in [5.41, 5.74) is 1.21. The zero-order valence-electron chi connectivity index (χ0n) is 16.9. The molecule has 0 radical (unpaired) electrons. The van der Waals surface area contributed by atoms with E-state index in [2.05, 4.69) is 10.4 Å². The van der Waals surface area contributed by atoms with Gasteiger partial charge in [0.05, 0.1) is 9.82 Å². The van der Waals surface area contributed by atoms with Gasteiger partial charge in [0.25, 0.3) is 0 Å². The number of sulfonamides is 1. The zero-order chi connectivity index (χ0) is 21.8. The van der Waals surface area contributed by atoms with Gasteiger partial charge in [0, 0.05) is 19.6 Å². The van der Waals surface area contributed by atoms with Gasteiger partial charge in [0.1, 0.15) is 17.9 Å². The summed E-state index contributed by atoms with van der Waals surface area (Å²) in [5.74, 6) is -0.356. The molecule has 0 saturated carbocycles. The summed E-state index contributed by atoms with van der Waals surface area (Å²) in [7, 11) is -3.52. The number of hydrogen-bond acceptors (Lipinski definition) is 6. The smallest absolute Gasteiger partial charge is 0.312 e. The second kappa shape index (κ2) is 9.14. The van der Waals surface area contributed by atoms with Crippen molar-refractivity contribution < 1.29 is 18.1 Å². The van der Waals surface area contributed by atoms with Crippen LogP contribution in [0.25, 0.3) is 0 Å². The van der Waals surface area contributed by atoms with Crippen LogP contribution in [0, 0.1) is 24.0 Å². The van der Waals surface area contributed by atoms with Crippen molar-refractivity contribution in [1.82, 2.24) is 19.4 Å². The van der Waals surface area contributed by atoms with Crippen LogP contribution >= 0.6 is 0 Å². The van der Waals surface area contributed by atoms with Crippen LogP contribution in [0.1, 0.15) is 30.8 Å². The predicted octanol–water partition coefficient (Wildman–Crippen LogP) is 1.76. The summed E-state index contributed by atoms with van der Waals surface area (Å²) >= 11 is 0. The Hall–Kier alpha value is -2.79. The third kappa shape index (κ3) is 4.98. The van der Waals surface area contributed by atoms with Crippen molar-refractivity contribution in [3.05, 3.63) is 51.3 Å². The van der Waals surface area contributed by atoms with Crippen molar-refractivity contribution in [2.75, 3.05) is 13.1 Å². The summed E-state index contributed by atoms with van der Waals surface area (Å²) in [4.78, 5) is 22.9. The second-order valence-corrected chi connectivity index (χ2v) is 8.38. The zero-order valence-corrected chi connectivity index (χ0v) is 17.7. The number of nitro groups is 1. The number of amides is 1. The number of aromatic nitrogens is 2. The van der Waals surface area contributed by atoms with Crippen LogP contribution in [0.5, 0.6) is 0 Å². The molecule has 1 heterocycles. The highest BCUT2D eigenvalue weighted by Gasteiger charge is 2.23. The SMILES string of the molecule is CCN(CC)S(=O)(=O)c1ccc(CNC(=O)Cn2nc(C)c([N+](=O)[O-])c2C)cc1. The lowest BCUT2D eigenvalue weighted by molar-refractivity contribution is -0.386. The average molecular weight is 423 g/mol. The van der Waals surface area contributed by atoms with Crippen molar-refractivity contribution in [2.45, 2.75) is 45.7 Å². The molecule has 0 spiro atoms. The third-order valence-electron chi connectivity index (χ3n) is 4.58. The fourth-order valence-electron chi connectivity index (χ4n) is 2.99. The van der Waals surface area contributed by atoms with Gasteiger partial charge in [-0.3, -0.25) is 19.6 Å². The van der Waals surface area contributed by atoms with Crippen LogP contribution in [-0.4, -0.2) is 46.4 Å². The van der Waals surface area contributed by atoms with Crippen molar-refractivity contribution in [2.24, 2.45) is 0 Å².